The molecule has 1 saturated carbocycles. The van der Waals surface area contributed by atoms with Gasteiger partial charge in [-0.25, -0.2) is 0 Å². The molecule has 0 spiro atoms. The van der Waals surface area contributed by atoms with Gasteiger partial charge in [-0.2, -0.15) is 0 Å². The van der Waals surface area contributed by atoms with Gasteiger partial charge in [0, 0.05) is 5.41 Å². The van der Waals surface area contributed by atoms with Crippen LogP contribution in [0, 0.1) is 10.8 Å². The summed E-state index contributed by atoms with van der Waals surface area (Å²) in [7, 11) is 0. The summed E-state index contributed by atoms with van der Waals surface area (Å²) in [5.41, 5.74) is 1.79. The Balaban J connectivity index is 2.56. The van der Waals surface area contributed by atoms with Crippen molar-refractivity contribution >= 4 is 0 Å². The largest absolute Gasteiger partial charge is 0.392 e. The normalized spacial score (nSPS) is 41.4. The molecule has 0 unspecified atom stereocenters. The van der Waals surface area contributed by atoms with Gasteiger partial charge in [0.15, 0.2) is 0 Å². The molecule has 0 bridgehead atoms. The zero-order valence-electron chi connectivity index (χ0n) is 12.1. The van der Waals surface area contributed by atoms with Crippen molar-refractivity contribution in [2.24, 2.45) is 10.8 Å². The van der Waals surface area contributed by atoms with Gasteiger partial charge in [0.05, 0.1) is 12.2 Å². The van der Waals surface area contributed by atoms with Crippen LogP contribution in [0.2, 0.25) is 0 Å². The summed E-state index contributed by atoms with van der Waals surface area (Å²) in [6.07, 6.45) is 8.20. The van der Waals surface area contributed by atoms with Gasteiger partial charge in [0.1, 0.15) is 0 Å². The summed E-state index contributed by atoms with van der Waals surface area (Å²) in [5.74, 6) is 0. The molecule has 2 nitrogen and oxygen atoms in total. The zero-order valence-corrected chi connectivity index (χ0v) is 12.1. The summed E-state index contributed by atoms with van der Waals surface area (Å²) in [6, 6.07) is 0. The molecule has 2 rings (SSSR count). The minimum atomic E-state index is -0.811. The Bertz CT molecular complexity index is 401. The van der Waals surface area contributed by atoms with Gasteiger partial charge in [0.25, 0.3) is 0 Å². The lowest BCUT2D eigenvalue weighted by Gasteiger charge is -2.53. The van der Waals surface area contributed by atoms with E-state index in [0.29, 0.717) is 6.42 Å². The number of hydrogen-bond donors (Lipinski definition) is 2. The molecule has 2 atom stereocenters. The molecule has 2 aliphatic carbocycles. The first-order chi connectivity index (χ1) is 8.24. The van der Waals surface area contributed by atoms with E-state index in [2.05, 4.69) is 26.8 Å². The Kier molecular flexibility index (Phi) is 3.23. The molecule has 102 valence electrons. The minimum Gasteiger partial charge on any atom is -0.392 e. The Hall–Kier alpha value is -0.600. The number of fused-ring (bicyclic) bond motifs is 1. The van der Waals surface area contributed by atoms with E-state index in [4.69, 9.17) is 0 Å². The lowest BCUT2D eigenvalue weighted by molar-refractivity contribution is 0.0565. The molecule has 0 aromatic heterocycles. The molecule has 0 heterocycles. The van der Waals surface area contributed by atoms with Gasteiger partial charge in [-0.3, -0.25) is 0 Å². The van der Waals surface area contributed by atoms with Crippen molar-refractivity contribution in [3.05, 3.63) is 23.3 Å². The van der Waals surface area contributed by atoms with Crippen LogP contribution < -0.4 is 0 Å². The lowest BCUT2D eigenvalue weighted by Crippen LogP contribution is -2.46. The van der Waals surface area contributed by atoms with Crippen LogP contribution in [-0.4, -0.2) is 22.4 Å². The zero-order chi connectivity index (χ0) is 13.6. The maximum atomic E-state index is 10.6. The van der Waals surface area contributed by atoms with Crippen LogP contribution in [-0.2, 0) is 0 Å². The van der Waals surface area contributed by atoms with Crippen LogP contribution in [0.25, 0.3) is 0 Å². The van der Waals surface area contributed by atoms with E-state index in [1.54, 1.807) is 0 Å². The van der Waals surface area contributed by atoms with Gasteiger partial charge in [0.2, 0.25) is 0 Å². The SMILES string of the molecule is CC1(C)CCC[C@@]2(C)C1=CC[C@@](C)(O)/C2=C\CO. The number of hydrogen-bond acceptors (Lipinski definition) is 2. The second-order valence-corrected chi connectivity index (χ2v) is 6.97. The van der Waals surface area contributed by atoms with E-state index in [1.165, 1.54) is 18.4 Å². The molecule has 2 aliphatic rings. The van der Waals surface area contributed by atoms with Gasteiger partial charge in [-0.15, -0.1) is 0 Å². The molecular weight excluding hydrogens is 224 g/mol. The average molecular weight is 250 g/mol. The van der Waals surface area contributed by atoms with E-state index >= 15 is 0 Å². The molecule has 0 radical (unpaired) electrons. The Morgan fingerprint density at radius 1 is 1.22 bits per heavy atom. The maximum Gasteiger partial charge on any atom is 0.0872 e. The standard InChI is InChI=1S/C16H26O2/c1-14(2)8-5-9-15(3)12(14)6-10-16(4,18)13(15)7-11-17/h6-7,17-18H,5,8-11H2,1-4H3/b13-7-/t15-,16+/m0/s1. The monoisotopic (exact) mass is 250 g/mol. The average Bonchev–Trinajstić information content (AvgIpc) is 2.22. The minimum absolute atomic E-state index is 0.00871. The van der Waals surface area contributed by atoms with Crippen molar-refractivity contribution in [1.82, 2.24) is 0 Å². The molecule has 0 amide bonds. The summed E-state index contributed by atoms with van der Waals surface area (Å²) in [5, 5.41) is 19.9. The molecule has 2 N–H and O–H groups in total. The number of rotatable bonds is 1. The highest BCUT2D eigenvalue weighted by Crippen LogP contribution is 2.59. The highest BCUT2D eigenvalue weighted by Gasteiger charge is 2.50. The predicted octanol–water partition coefficient (Wildman–Crippen LogP) is 3.20. The Labute approximate surface area is 110 Å². The molecule has 0 aromatic carbocycles. The van der Waals surface area contributed by atoms with Gasteiger partial charge >= 0.3 is 0 Å². The molecule has 2 heteroatoms. The van der Waals surface area contributed by atoms with Crippen LogP contribution in [0.4, 0.5) is 0 Å². The Morgan fingerprint density at radius 2 is 1.89 bits per heavy atom. The van der Waals surface area contributed by atoms with Gasteiger partial charge in [-0.05, 0) is 37.2 Å². The van der Waals surface area contributed by atoms with Crippen LogP contribution in [0.15, 0.2) is 23.3 Å². The third-order valence-corrected chi connectivity index (χ3v) is 4.98. The van der Waals surface area contributed by atoms with Gasteiger partial charge in [-0.1, -0.05) is 44.9 Å². The van der Waals surface area contributed by atoms with Crippen molar-refractivity contribution in [3.8, 4) is 0 Å². The van der Waals surface area contributed by atoms with Crippen LogP contribution in [0.5, 0.6) is 0 Å². The number of allylic oxidation sites excluding steroid dienone is 1. The smallest absolute Gasteiger partial charge is 0.0872 e. The van der Waals surface area contributed by atoms with Crippen molar-refractivity contribution in [3.63, 3.8) is 0 Å². The molecule has 1 fully saturated rings. The fraction of sp³-hybridized carbons (Fsp3) is 0.750. The van der Waals surface area contributed by atoms with E-state index < -0.39 is 5.60 Å². The molecule has 0 saturated heterocycles. The third-order valence-electron chi connectivity index (χ3n) is 4.98. The second-order valence-electron chi connectivity index (χ2n) is 6.97. The predicted molar refractivity (Wildman–Crippen MR) is 74.2 cm³/mol. The first-order valence-corrected chi connectivity index (χ1v) is 6.99. The quantitative estimate of drug-likeness (QED) is 0.702. The van der Waals surface area contributed by atoms with E-state index in [0.717, 1.165) is 12.0 Å². The van der Waals surface area contributed by atoms with Crippen LogP contribution >= 0.6 is 0 Å². The molecule has 0 aliphatic heterocycles. The summed E-state index contributed by atoms with van der Waals surface area (Å²) < 4.78 is 0. The third kappa shape index (κ3) is 1.96. The first kappa shape index (κ1) is 13.8. The highest BCUT2D eigenvalue weighted by molar-refractivity contribution is 5.42. The first-order valence-electron chi connectivity index (χ1n) is 6.99. The Morgan fingerprint density at radius 3 is 2.50 bits per heavy atom. The van der Waals surface area contributed by atoms with E-state index in [9.17, 15) is 10.2 Å². The summed E-state index contributed by atoms with van der Waals surface area (Å²) in [6.45, 7) is 8.71. The fourth-order valence-corrected chi connectivity index (χ4v) is 4.22. The van der Waals surface area contributed by atoms with Crippen molar-refractivity contribution in [2.45, 2.75) is 59.0 Å². The highest BCUT2D eigenvalue weighted by atomic mass is 16.3. The van der Waals surface area contributed by atoms with Crippen molar-refractivity contribution in [2.75, 3.05) is 6.61 Å². The van der Waals surface area contributed by atoms with Crippen molar-refractivity contribution in [1.29, 1.82) is 0 Å². The summed E-state index contributed by atoms with van der Waals surface area (Å²) in [4.78, 5) is 0. The number of aliphatic hydroxyl groups is 2. The fourth-order valence-electron chi connectivity index (χ4n) is 4.22. The van der Waals surface area contributed by atoms with E-state index in [1.807, 2.05) is 13.0 Å². The van der Waals surface area contributed by atoms with Crippen LogP contribution in [0.3, 0.4) is 0 Å². The molecular formula is C16H26O2. The van der Waals surface area contributed by atoms with Crippen LogP contribution in [0.1, 0.15) is 53.4 Å². The van der Waals surface area contributed by atoms with Gasteiger partial charge < -0.3 is 10.2 Å². The van der Waals surface area contributed by atoms with Crippen molar-refractivity contribution < 1.29 is 10.2 Å². The topological polar surface area (TPSA) is 40.5 Å². The molecule has 18 heavy (non-hydrogen) atoms. The summed E-state index contributed by atoms with van der Waals surface area (Å²) >= 11 is 0. The second kappa shape index (κ2) is 4.21. The number of aliphatic hydroxyl groups excluding tert-OH is 1. The lowest BCUT2D eigenvalue weighted by atomic mass is 9.52. The van der Waals surface area contributed by atoms with E-state index in [-0.39, 0.29) is 17.4 Å². The maximum absolute atomic E-state index is 10.6. The molecule has 0 aromatic rings.